The van der Waals surface area contributed by atoms with E-state index >= 15 is 0 Å². The van der Waals surface area contributed by atoms with Crippen LogP contribution in [0.1, 0.15) is 22.3 Å². The third-order valence-corrected chi connectivity index (χ3v) is 8.93. The van der Waals surface area contributed by atoms with Crippen LogP contribution >= 0.6 is 0 Å². The first kappa shape index (κ1) is 21.0. The van der Waals surface area contributed by atoms with Crippen LogP contribution in [0.15, 0.2) is 47.4 Å². The lowest BCUT2D eigenvalue weighted by Crippen LogP contribution is -2.46. The predicted molar refractivity (Wildman–Crippen MR) is 108 cm³/mol. The predicted octanol–water partition coefficient (Wildman–Crippen LogP) is 1.96. The Labute approximate surface area is 166 Å². The molecule has 1 aliphatic rings. The summed E-state index contributed by atoms with van der Waals surface area (Å²) in [6.07, 6.45) is -1.25. The number of aliphatic hydroxyl groups is 1. The average molecular weight is 424 g/mol. The Kier molecular flexibility index (Phi) is 5.69. The summed E-state index contributed by atoms with van der Waals surface area (Å²) in [5, 5.41) is 10.4. The number of nitrogens with zero attached hydrogens (tertiary/aromatic N) is 1. The maximum absolute atomic E-state index is 13.6. The minimum atomic E-state index is -4.03. The molecule has 0 bridgehead atoms. The van der Waals surface area contributed by atoms with Crippen molar-refractivity contribution in [2.24, 2.45) is 0 Å². The van der Waals surface area contributed by atoms with Crippen molar-refractivity contribution in [2.45, 2.75) is 44.4 Å². The molecule has 0 unspecified atom stereocenters. The Morgan fingerprint density at radius 1 is 1.00 bits per heavy atom. The highest BCUT2D eigenvalue weighted by molar-refractivity contribution is 7.92. The van der Waals surface area contributed by atoms with Gasteiger partial charge in [-0.3, -0.25) is 0 Å². The summed E-state index contributed by atoms with van der Waals surface area (Å²) in [7, 11) is -7.53. The van der Waals surface area contributed by atoms with E-state index in [-0.39, 0.29) is 17.2 Å². The highest BCUT2D eigenvalue weighted by Crippen LogP contribution is 2.30. The normalized spacial score (nSPS) is 21.9. The molecule has 28 heavy (non-hydrogen) atoms. The summed E-state index contributed by atoms with van der Waals surface area (Å²) in [5.41, 5.74) is 3.14. The van der Waals surface area contributed by atoms with Gasteiger partial charge >= 0.3 is 0 Å². The Hall–Kier alpha value is -1.74. The maximum atomic E-state index is 13.6. The van der Waals surface area contributed by atoms with Crippen molar-refractivity contribution in [2.75, 3.05) is 11.5 Å². The van der Waals surface area contributed by atoms with Crippen molar-refractivity contribution in [1.29, 1.82) is 0 Å². The fraction of sp³-hybridized carbons (Fsp3) is 0.400. The molecule has 0 spiro atoms. The molecule has 0 aliphatic carbocycles. The van der Waals surface area contributed by atoms with Gasteiger partial charge in [0.2, 0.25) is 10.0 Å². The fourth-order valence-electron chi connectivity index (χ4n) is 3.57. The second kappa shape index (κ2) is 7.59. The highest BCUT2D eigenvalue weighted by Gasteiger charge is 2.45. The zero-order chi connectivity index (χ0) is 20.7. The molecule has 3 rings (SSSR count). The number of hydrogen-bond acceptors (Lipinski definition) is 5. The van der Waals surface area contributed by atoms with Crippen LogP contribution in [0.3, 0.4) is 0 Å². The zero-order valence-corrected chi connectivity index (χ0v) is 17.8. The van der Waals surface area contributed by atoms with Crippen molar-refractivity contribution < 1.29 is 21.9 Å². The van der Waals surface area contributed by atoms with Crippen molar-refractivity contribution in [3.63, 3.8) is 0 Å². The molecule has 2 aromatic rings. The molecule has 1 N–H and O–H groups in total. The van der Waals surface area contributed by atoms with E-state index in [1.54, 1.807) is 37.3 Å². The molecule has 1 saturated heterocycles. The zero-order valence-electron chi connectivity index (χ0n) is 16.2. The topological polar surface area (TPSA) is 91.8 Å². The van der Waals surface area contributed by atoms with Crippen LogP contribution in [-0.2, 0) is 26.4 Å². The van der Waals surface area contributed by atoms with E-state index in [0.717, 1.165) is 21.0 Å². The van der Waals surface area contributed by atoms with Gasteiger partial charge in [-0.2, -0.15) is 4.31 Å². The first-order valence-electron chi connectivity index (χ1n) is 9.03. The molecule has 1 heterocycles. The number of rotatable bonds is 5. The summed E-state index contributed by atoms with van der Waals surface area (Å²) < 4.78 is 52.4. The maximum Gasteiger partial charge on any atom is 0.244 e. The monoisotopic (exact) mass is 423 g/mol. The van der Waals surface area contributed by atoms with Crippen molar-refractivity contribution in [1.82, 2.24) is 4.31 Å². The summed E-state index contributed by atoms with van der Waals surface area (Å²) in [6, 6.07) is 11.4. The van der Waals surface area contributed by atoms with E-state index in [2.05, 4.69) is 0 Å². The summed E-state index contributed by atoms with van der Waals surface area (Å²) in [5.74, 6) is -0.811. The Balaban J connectivity index is 2.11. The third-order valence-electron chi connectivity index (χ3n) is 5.22. The SMILES string of the molecule is Cc1cc(C)c(S(=O)(=O)N(Cc2ccccc2)[C@H]2CS(=O)(=O)C[C@H]2O)cc1C. The summed E-state index contributed by atoms with van der Waals surface area (Å²) >= 11 is 0. The summed E-state index contributed by atoms with van der Waals surface area (Å²) in [6.45, 7) is 5.46. The molecule has 0 radical (unpaired) electrons. The molecule has 6 nitrogen and oxygen atoms in total. The number of aryl methyl sites for hydroxylation is 3. The number of sulfone groups is 1. The molecule has 152 valence electrons. The van der Waals surface area contributed by atoms with Gasteiger partial charge in [0.1, 0.15) is 0 Å². The van der Waals surface area contributed by atoms with Crippen LogP contribution in [0.2, 0.25) is 0 Å². The molecule has 0 amide bonds. The van der Waals surface area contributed by atoms with Gasteiger partial charge in [-0.1, -0.05) is 36.4 Å². The average Bonchev–Trinajstić information content (AvgIpc) is 2.88. The molecule has 0 aromatic heterocycles. The van der Waals surface area contributed by atoms with E-state index in [0.29, 0.717) is 5.56 Å². The van der Waals surface area contributed by atoms with Crippen LogP contribution < -0.4 is 0 Å². The second-order valence-corrected chi connectivity index (χ2v) is 11.5. The van der Waals surface area contributed by atoms with Gasteiger partial charge in [0.05, 0.1) is 28.5 Å². The first-order valence-corrected chi connectivity index (χ1v) is 12.3. The lowest BCUT2D eigenvalue weighted by Gasteiger charge is -2.30. The van der Waals surface area contributed by atoms with Crippen molar-refractivity contribution in [3.8, 4) is 0 Å². The van der Waals surface area contributed by atoms with E-state index in [4.69, 9.17) is 0 Å². The molecule has 0 saturated carbocycles. The molecule has 8 heteroatoms. The molecule has 2 aromatic carbocycles. The fourth-order valence-corrected chi connectivity index (χ4v) is 7.40. The lowest BCUT2D eigenvalue weighted by atomic mass is 10.1. The quantitative estimate of drug-likeness (QED) is 0.794. The number of benzene rings is 2. The van der Waals surface area contributed by atoms with Gasteiger partial charge in [-0.15, -0.1) is 0 Å². The van der Waals surface area contributed by atoms with Gasteiger partial charge in [0, 0.05) is 6.54 Å². The second-order valence-electron chi connectivity index (χ2n) is 7.45. The smallest absolute Gasteiger partial charge is 0.244 e. The van der Waals surface area contributed by atoms with Gasteiger partial charge in [0.25, 0.3) is 0 Å². The largest absolute Gasteiger partial charge is 0.390 e. The molecular formula is C20H25NO5S2. The lowest BCUT2D eigenvalue weighted by molar-refractivity contribution is 0.125. The molecular weight excluding hydrogens is 398 g/mol. The van der Waals surface area contributed by atoms with E-state index in [1.165, 1.54) is 0 Å². The van der Waals surface area contributed by atoms with Crippen LogP contribution in [0, 0.1) is 20.8 Å². The van der Waals surface area contributed by atoms with E-state index in [9.17, 15) is 21.9 Å². The van der Waals surface area contributed by atoms with E-state index in [1.807, 2.05) is 26.0 Å². The van der Waals surface area contributed by atoms with Gasteiger partial charge in [0.15, 0.2) is 9.84 Å². The van der Waals surface area contributed by atoms with Crippen molar-refractivity contribution >= 4 is 19.9 Å². The molecule has 1 aliphatic heterocycles. The molecule has 1 fully saturated rings. The number of aliphatic hydroxyl groups excluding tert-OH is 1. The van der Waals surface area contributed by atoms with Gasteiger partial charge in [-0.25, -0.2) is 16.8 Å². The summed E-state index contributed by atoms with van der Waals surface area (Å²) in [4.78, 5) is 0.142. The van der Waals surface area contributed by atoms with Crippen LogP contribution in [-0.4, -0.2) is 49.9 Å². The van der Waals surface area contributed by atoms with Gasteiger partial charge < -0.3 is 5.11 Å². The van der Waals surface area contributed by atoms with Crippen LogP contribution in [0.4, 0.5) is 0 Å². The highest BCUT2D eigenvalue weighted by atomic mass is 32.2. The van der Waals surface area contributed by atoms with Crippen molar-refractivity contribution in [3.05, 3.63) is 64.7 Å². The Morgan fingerprint density at radius 2 is 1.61 bits per heavy atom. The Morgan fingerprint density at radius 3 is 2.18 bits per heavy atom. The number of hydrogen-bond donors (Lipinski definition) is 1. The van der Waals surface area contributed by atoms with E-state index < -0.39 is 37.8 Å². The van der Waals surface area contributed by atoms with Crippen LogP contribution in [0.25, 0.3) is 0 Å². The van der Waals surface area contributed by atoms with Gasteiger partial charge in [-0.05, 0) is 49.1 Å². The minimum Gasteiger partial charge on any atom is -0.390 e. The standard InChI is InChI=1S/C20H25NO5S2/c1-14-9-16(3)20(10-15(14)2)28(25,26)21(11-17-7-5-4-6-8-17)18-12-27(23,24)13-19(18)22/h4-10,18-19,22H,11-13H2,1-3H3/t18-,19+/m0/s1. The van der Waals surface area contributed by atoms with Crippen LogP contribution in [0.5, 0.6) is 0 Å². The molecule has 2 atom stereocenters. The minimum absolute atomic E-state index is 0.00716. The third kappa shape index (κ3) is 4.15. The number of sulfonamides is 1. The Bertz CT molecular complexity index is 1080. The first-order chi connectivity index (χ1) is 13.0.